The molecule has 1 aromatic carbocycles. The molecule has 3 atom stereocenters. The zero-order valence-corrected chi connectivity index (χ0v) is 10.5. The number of allylic oxidation sites excluding steroid dienone is 4. The van der Waals surface area contributed by atoms with Crippen LogP contribution in [0, 0.1) is 17.8 Å². The number of ketones is 2. The summed E-state index contributed by atoms with van der Waals surface area (Å²) in [5.74, 6) is 1.37. The molecule has 0 spiro atoms. The topological polar surface area (TPSA) is 34.1 Å². The van der Waals surface area contributed by atoms with Crippen molar-refractivity contribution >= 4 is 11.6 Å². The van der Waals surface area contributed by atoms with Crippen molar-refractivity contribution in [2.45, 2.75) is 12.8 Å². The highest BCUT2D eigenvalue weighted by atomic mass is 16.2. The Labute approximate surface area is 111 Å². The number of carbonyl (C=O) groups is 2. The highest BCUT2D eigenvalue weighted by molar-refractivity contribution is 6.39. The van der Waals surface area contributed by atoms with Crippen molar-refractivity contribution in [1.29, 1.82) is 0 Å². The fourth-order valence-corrected chi connectivity index (χ4v) is 3.65. The van der Waals surface area contributed by atoms with E-state index in [0.717, 1.165) is 6.42 Å². The molecule has 0 amide bonds. The summed E-state index contributed by atoms with van der Waals surface area (Å²) in [7, 11) is 0. The predicted molar refractivity (Wildman–Crippen MR) is 72.0 cm³/mol. The Kier molecular flexibility index (Phi) is 2.16. The van der Waals surface area contributed by atoms with Crippen LogP contribution in [0.2, 0.25) is 0 Å². The van der Waals surface area contributed by atoms with Crippen molar-refractivity contribution in [3.05, 3.63) is 59.2 Å². The first-order valence-corrected chi connectivity index (χ1v) is 6.82. The lowest BCUT2D eigenvalue weighted by atomic mass is 9.90. The van der Waals surface area contributed by atoms with Crippen LogP contribution < -0.4 is 0 Å². The van der Waals surface area contributed by atoms with Gasteiger partial charge >= 0.3 is 0 Å². The molecule has 4 rings (SSSR count). The molecule has 0 heterocycles. The molecule has 1 fully saturated rings. The Balaban J connectivity index is 1.73. The van der Waals surface area contributed by atoms with Crippen LogP contribution in [0.3, 0.4) is 0 Å². The molecule has 0 N–H and O–H groups in total. The third-order valence-electron chi connectivity index (χ3n) is 4.62. The maximum absolute atomic E-state index is 12.3. The highest BCUT2D eigenvalue weighted by Crippen LogP contribution is 2.45. The average molecular weight is 250 g/mol. The molecular formula is C17H14O2. The van der Waals surface area contributed by atoms with Crippen LogP contribution in [-0.2, 0) is 0 Å². The van der Waals surface area contributed by atoms with Gasteiger partial charge in [0, 0.05) is 11.1 Å². The Bertz CT molecular complexity index is 614. The van der Waals surface area contributed by atoms with E-state index < -0.39 is 0 Å². The SMILES string of the molecule is O=C1C(=C[C@@H]2C[C@@H]3C=C[C@H]2C3)C(=O)c2ccccc21. The predicted octanol–water partition coefficient (Wildman–Crippen LogP) is 3.20. The van der Waals surface area contributed by atoms with Crippen molar-refractivity contribution in [2.75, 3.05) is 0 Å². The number of rotatable bonds is 1. The van der Waals surface area contributed by atoms with E-state index in [2.05, 4.69) is 12.2 Å². The van der Waals surface area contributed by atoms with Gasteiger partial charge in [-0.25, -0.2) is 0 Å². The van der Waals surface area contributed by atoms with E-state index in [1.54, 1.807) is 12.1 Å². The Morgan fingerprint density at radius 3 is 2.16 bits per heavy atom. The van der Waals surface area contributed by atoms with Gasteiger partial charge in [0.25, 0.3) is 0 Å². The summed E-state index contributed by atoms with van der Waals surface area (Å²) in [6, 6.07) is 7.12. The number of carbonyl (C=O) groups excluding carboxylic acids is 2. The third kappa shape index (κ3) is 1.49. The molecule has 19 heavy (non-hydrogen) atoms. The van der Waals surface area contributed by atoms with Gasteiger partial charge in [0.2, 0.25) is 0 Å². The van der Waals surface area contributed by atoms with E-state index in [1.807, 2.05) is 18.2 Å². The van der Waals surface area contributed by atoms with Gasteiger partial charge in [0.1, 0.15) is 0 Å². The standard InChI is InChI=1S/C17H14O2/c18-16-13-3-1-2-4-14(13)17(19)15(16)9-12-8-10-5-6-11(12)7-10/h1-6,9-12H,7-8H2/t10-,11+,12+/m1/s1. The number of benzene rings is 1. The van der Waals surface area contributed by atoms with Crippen molar-refractivity contribution in [2.24, 2.45) is 17.8 Å². The van der Waals surface area contributed by atoms with E-state index in [-0.39, 0.29) is 11.6 Å². The van der Waals surface area contributed by atoms with Crippen molar-refractivity contribution in [3.8, 4) is 0 Å². The largest absolute Gasteiger partial charge is 0.288 e. The molecule has 0 saturated heterocycles. The second-order valence-electron chi connectivity index (χ2n) is 5.73. The van der Waals surface area contributed by atoms with Crippen LogP contribution in [0.15, 0.2) is 48.1 Å². The molecule has 1 saturated carbocycles. The zero-order chi connectivity index (χ0) is 13.0. The van der Waals surface area contributed by atoms with Crippen molar-refractivity contribution < 1.29 is 9.59 Å². The molecule has 0 aliphatic heterocycles. The van der Waals surface area contributed by atoms with Gasteiger partial charge in [-0.15, -0.1) is 0 Å². The Hall–Kier alpha value is -1.96. The normalized spacial score (nSPS) is 31.2. The fraction of sp³-hybridized carbons (Fsp3) is 0.294. The summed E-state index contributed by atoms with van der Waals surface area (Å²) >= 11 is 0. The first kappa shape index (κ1) is 10.9. The molecule has 1 aromatic rings. The summed E-state index contributed by atoms with van der Waals surface area (Å²) in [6.07, 6.45) is 8.73. The van der Waals surface area contributed by atoms with Crippen LogP contribution in [0.5, 0.6) is 0 Å². The van der Waals surface area contributed by atoms with E-state index in [9.17, 15) is 9.59 Å². The van der Waals surface area contributed by atoms with E-state index in [1.165, 1.54) is 6.42 Å². The molecule has 94 valence electrons. The van der Waals surface area contributed by atoms with Gasteiger partial charge in [0.15, 0.2) is 11.6 Å². The molecule has 0 aromatic heterocycles. The summed E-state index contributed by atoms with van der Waals surface area (Å²) in [6.45, 7) is 0. The van der Waals surface area contributed by atoms with Gasteiger partial charge in [-0.1, -0.05) is 42.5 Å². The molecule has 0 unspecified atom stereocenters. The second-order valence-corrected chi connectivity index (χ2v) is 5.73. The number of fused-ring (bicyclic) bond motifs is 3. The van der Waals surface area contributed by atoms with Crippen molar-refractivity contribution in [1.82, 2.24) is 0 Å². The van der Waals surface area contributed by atoms with E-state index in [0.29, 0.717) is 34.5 Å². The molecule has 2 nitrogen and oxygen atoms in total. The molecule has 2 heteroatoms. The molecule has 0 radical (unpaired) electrons. The van der Waals surface area contributed by atoms with Crippen LogP contribution in [0.1, 0.15) is 33.6 Å². The number of Topliss-reactive ketones (excluding diaryl/α,β-unsaturated/α-hetero) is 2. The minimum Gasteiger partial charge on any atom is -0.288 e. The van der Waals surface area contributed by atoms with Crippen LogP contribution in [-0.4, -0.2) is 11.6 Å². The minimum absolute atomic E-state index is 0.0904. The summed E-state index contributed by atoms with van der Waals surface area (Å²) in [5, 5.41) is 0. The number of hydrogen-bond acceptors (Lipinski definition) is 2. The second kappa shape index (κ2) is 3.77. The minimum atomic E-state index is -0.0904. The smallest absolute Gasteiger partial charge is 0.197 e. The quantitative estimate of drug-likeness (QED) is 0.436. The van der Waals surface area contributed by atoms with Crippen LogP contribution in [0.25, 0.3) is 0 Å². The van der Waals surface area contributed by atoms with Crippen LogP contribution >= 0.6 is 0 Å². The maximum Gasteiger partial charge on any atom is 0.197 e. The lowest BCUT2D eigenvalue weighted by Crippen LogP contribution is -2.09. The van der Waals surface area contributed by atoms with Gasteiger partial charge in [-0.3, -0.25) is 9.59 Å². The average Bonchev–Trinajstić information content (AvgIpc) is 3.10. The van der Waals surface area contributed by atoms with Gasteiger partial charge in [-0.2, -0.15) is 0 Å². The number of hydrogen-bond donors (Lipinski definition) is 0. The zero-order valence-electron chi connectivity index (χ0n) is 10.5. The highest BCUT2D eigenvalue weighted by Gasteiger charge is 2.38. The maximum atomic E-state index is 12.3. The van der Waals surface area contributed by atoms with E-state index >= 15 is 0 Å². The summed E-state index contributed by atoms with van der Waals surface area (Å²) < 4.78 is 0. The summed E-state index contributed by atoms with van der Waals surface area (Å²) in [5.41, 5.74) is 1.53. The summed E-state index contributed by atoms with van der Waals surface area (Å²) in [4.78, 5) is 24.6. The molecular weight excluding hydrogens is 236 g/mol. The molecule has 2 bridgehead atoms. The Morgan fingerprint density at radius 2 is 1.63 bits per heavy atom. The monoisotopic (exact) mass is 250 g/mol. The van der Waals surface area contributed by atoms with Crippen molar-refractivity contribution in [3.63, 3.8) is 0 Å². The lowest BCUT2D eigenvalue weighted by molar-refractivity contribution is 0.0987. The van der Waals surface area contributed by atoms with Crippen LogP contribution in [0.4, 0.5) is 0 Å². The van der Waals surface area contributed by atoms with Gasteiger partial charge in [-0.05, 0) is 30.6 Å². The first-order valence-electron chi connectivity index (χ1n) is 6.82. The molecule has 3 aliphatic carbocycles. The third-order valence-corrected chi connectivity index (χ3v) is 4.62. The fourth-order valence-electron chi connectivity index (χ4n) is 3.65. The molecule has 3 aliphatic rings. The van der Waals surface area contributed by atoms with Gasteiger partial charge in [0.05, 0.1) is 5.57 Å². The van der Waals surface area contributed by atoms with E-state index in [4.69, 9.17) is 0 Å². The van der Waals surface area contributed by atoms with Gasteiger partial charge < -0.3 is 0 Å². The lowest BCUT2D eigenvalue weighted by Gasteiger charge is -2.13. The first-order chi connectivity index (χ1) is 9.24. The Morgan fingerprint density at radius 1 is 0.947 bits per heavy atom.